The zero-order valence-electron chi connectivity index (χ0n) is 15.7. The largest absolute Gasteiger partial charge is 0.457 e. The number of nitrogens with zero attached hydrogens (tertiary/aromatic N) is 2. The summed E-state index contributed by atoms with van der Waals surface area (Å²) in [5.41, 5.74) is 2.37. The molecule has 1 amide bonds. The van der Waals surface area contributed by atoms with Gasteiger partial charge in [0, 0.05) is 10.0 Å². The van der Waals surface area contributed by atoms with Gasteiger partial charge in [-0.25, -0.2) is 13.6 Å². The molecule has 0 saturated heterocycles. The van der Waals surface area contributed by atoms with Gasteiger partial charge in [0.2, 0.25) is 10.0 Å². The molecule has 0 saturated carbocycles. The molecule has 9 heteroatoms. The number of furan rings is 1. The molecule has 2 heterocycles. The third-order valence-corrected chi connectivity index (χ3v) is 5.97. The van der Waals surface area contributed by atoms with Crippen LogP contribution in [0.25, 0.3) is 17.4 Å². The molecule has 152 valence electrons. The molecular formula is C21H16BrN3O4S. The summed E-state index contributed by atoms with van der Waals surface area (Å²) in [5.74, 6) is 0.772. The van der Waals surface area contributed by atoms with Crippen LogP contribution < -0.4 is 10.1 Å². The Bertz CT molecular complexity index is 1290. The Hall–Kier alpha value is -3.01. The van der Waals surface area contributed by atoms with Gasteiger partial charge in [0.1, 0.15) is 11.5 Å². The predicted molar refractivity (Wildman–Crippen MR) is 118 cm³/mol. The molecule has 2 N–H and O–H groups in total. The van der Waals surface area contributed by atoms with Gasteiger partial charge in [0.25, 0.3) is 5.91 Å². The van der Waals surface area contributed by atoms with Crippen LogP contribution in [0, 0.1) is 0 Å². The van der Waals surface area contributed by atoms with Crippen LogP contribution in [0.3, 0.4) is 0 Å². The van der Waals surface area contributed by atoms with E-state index >= 15 is 0 Å². The van der Waals surface area contributed by atoms with Gasteiger partial charge >= 0.3 is 0 Å². The first-order chi connectivity index (χ1) is 14.2. The molecule has 1 aliphatic rings. The van der Waals surface area contributed by atoms with Crippen molar-refractivity contribution in [2.75, 3.05) is 5.01 Å². The molecule has 0 bridgehead atoms. The van der Waals surface area contributed by atoms with Crippen molar-refractivity contribution in [1.29, 1.82) is 0 Å². The number of hydrogen-bond acceptors (Lipinski definition) is 5. The molecular weight excluding hydrogens is 470 g/mol. The van der Waals surface area contributed by atoms with Crippen LogP contribution in [0.4, 0.5) is 5.69 Å². The standard InChI is InChI=1S/C21H16BrN3O4S/c1-13-19(21(26)25(24-13)16-6-4-15(22)5-7-16)12-17-8-11-20(29-17)14-2-9-18(10-3-14)30(23,27)28/h2-12H,1H3,(H2,23,27,28)/b19-12-. The smallest absolute Gasteiger partial charge is 0.280 e. The van der Waals surface area contributed by atoms with E-state index in [1.54, 1.807) is 49.4 Å². The average molecular weight is 486 g/mol. The van der Waals surface area contributed by atoms with Crippen LogP contribution in [-0.2, 0) is 14.8 Å². The molecule has 0 atom stereocenters. The molecule has 7 nitrogen and oxygen atoms in total. The minimum absolute atomic E-state index is 0.0246. The van der Waals surface area contributed by atoms with Gasteiger partial charge < -0.3 is 4.42 Å². The lowest BCUT2D eigenvalue weighted by molar-refractivity contribution is -0.114. The maximum absolute atomic E-state index is 12.8. The molecule has 0 radical (unpaired) electrons. The Kier molecular flexibility index (Phi) is 5.19. The number of nitrogens with two attached hydrogens (primary N) is 1. The maximum atomic E-state index is 12.8. The highest BCUT2D eigenvalue weighted by molar-refractivity contribution is 9.10. The van der Waals surface area contributed by atoms with Gasteiger partial charge in [-0.05, 0) is 73.7 Å². The summed E-state index contributed by atoms with van der Waals surface area (Å²) in [6.45, 7) is 1.76. The van der Waals surface area contributed by atoms with Crippen molar-refractivity contribution in [3.63, 3.8) is 0 Å². The average Bonchev–Trinajstić information content (AvgIpc) is 3.28. The van der Waals surface area contributed by atoms with Crippen molar-refractivity contribution < 1.29 is 17.6 Å². The lowest BCUT2D eigenvalue weighted by Crippen LogP contribution is -2.21. The molecule has 0 unspecified atom stereocenters. The number of halogens is 1. The van der Waals surface area contributed by atoms with Crippen LogP contribution >= 0.6 is 15.9 Å². The minimum Gasteiger partial charge on any atom is -0.457 e. The van der Waals surface area contributed by atoms with E-state index in [1.165, 1.54) is 17.1 Å². The van der Waals surface area contributed by atoms with Gasteiger partial charge in [-0.15, -0.1) is 0 Å². The van der Waals surface area contributed by atoms with Crippen LogP contribution in [0.15, 0.2) is 85.1 Å². The number of hydrazone groups is 1. The van der Waals surface area contributed by atoms with E-state index in [9.17, 15) is 13.2 Å². The van der Waals surface area contributed by atoms with Gasteiger partial charge in [0.05, 0.1) is 21.9 Å². The minimum atomic E-state index is -3.75. The number of anilines is 1. The summed E-state index contributed by atoms with van der Waals surface area (Å²) in [7, 11) is -3.75. The number of hydrogen-bond donors (Lipinski definition) is 1. The van der Waals surface area contributed by atoms with Crippen LogP contribution in [0.5, 0.6) is 0 Å². The zero-order valence-corrected chi connectivity index (χ0v) is 18.1. The number of sulfonamides is 1. The van der Waals surface area contributed by atoms with Crippen molar-refractivity contribution in [3.05, 3.63) is 76.5 Å². The fourth-order valence-corrected chi connectivity index (χ4v) is 3.76. The first kappa shape index (κ1) is 20.3. The lowest BCUT2D eigenvalue weighted by atomic mass is 10.1. The van der Waals surface area contributed by atoms with Crippen LogP contribution in [0.2, 0.25) is 0 Å². The number of amides is 1. The van der Waals surface area contributed by atoms with E-state index < -0.39 is 10.0 Å². The van der Waals surface area contributed by atoms with Gasteiger partial charge in [-0.2, -0.15) is 10.1 Å². The second kappa shape index (κ2) is 7.67. The molecule has 2 aromatic carbocycles. The van der Waals surface area contributed by atoms with Gasteiger partial charge in [0.15, 0.2) is 0 Å². The number of primary sulfonamides is 1. The molecule has 0 aliphatic carbocycles. The van der Waals surface area contributed by atoms with Gasteiger partial charge in [-0.3, -0.25) is 4.79 Å². The molecule has 30 heavy (non-hydrogen) atoms. The Morgan fingerprint density at radius 1 is 1.03 bits per heavy atom. The molecule has 1 aliphatic heterocycles. The Labute approximate surface area is 181 Å². The Morgan fingerprint density at radius 2 is 1.70 bits per heavy atom. The van der Waals surface area contributed by atoms with E-state index in [-0.39, 0.29) is 10.8 Å². The maximum Gasteiger partial charge on any atom is 0.280 e. The van der Waals surface area contributed by atoms with Crippen LogP contribution in [0.1, 0.15) is 12.7 Å². The third kappa shape index (κ3) is 4.00. The summed E-state index contributed by atoms with van der Waals surface area (Å²) >= 11 is 3.37. The summed E-state index contributed by atoms with van der Waals surface area (Å²) < 4.78 is 29.5. The number of rotatable bonds is 4. The normalized spacial score (nSPS) is 15.7. The summed E-state index contributed by atoms with van der Waals surface area (Å²) in [6, 6.07) is 16.8. The van der Waals surface area contributed by atoms with Crippen molar-refractivity contribution in [3.8, 4) is 11.3 Å². The molecule has 3 aromatic rings. The lowest BCUT2D eigenvalue weighted by Gasteiger charge is -2.11. The second-order valence-electron chi connectivity index (χ2n) is 6.61. The Balaban J connectivity index is 1.59. The predicted octanol–water partition coefficient (Wildman–Crippen LogP) is 4.16. The topological polar surface area (TPSA) is 106 Å². The van der Waals surface area contributed by atoms with E-state index in [0.717, 1.165) is 4.47 Å². The summed E-state index contributed by atoms with van der Waals surface area (Å²) in [5, 5.41) is 10.8. The number of benzene rings is 2. The summed E-state index contributed by atoms with van der Waals surface area (Å²) in [6.07, 6.45) is 1.64. The fourth-order valence-electron chi connectivity index (χ4n) is 2.98. The van der Waals surface area contributed by atoms with Crippen LogP contribution in [-0.4, -0.2) is 20.0 Å². The quantitative estimate of drug-likeness (QED) is 0.559. The monoisotopic (exact) mass is 485 g/mol. The third-order valence-electron chi connectivity index (χ3n) is 4.51. The van der Waals surface area contributed by atoms with E-state index in [4.69, 9.17) is 9.56 Å². The van der Waals surface area contributed by atoms with E-state index in [2.05, 4.69) is 21.0 Å². The second-order valence-corrected chi connectivity index (χ2v) is 9.09. The highest BCUT2D eigenvalue weighted by Gasteiger charge is 2.29. The highest BCUT2D eigenvalue weighted by Crippen LogP contribution is 2.28. The van der Waals surface area contributed by atoms with Crippen molar-refractivity contribution in [2.24, 2.45) is 10.2 Å². The highest BCUT2D eigenvalue weighted by atomic mass is 79.9. The molecule has 1 aromatic heterocycles. The number of carbonyl (C=O) groups is 1. The SMILES string of the molecule is CC1=NN(c2ccc(Br)cc2)C(=O)/C1=C\c1ccc(-c2ccc(S(N)(=O)=O)cc2)o1. The van der Waals surface area contributed by atoms with Gasteiger partial charge in [-0.1, -0.05) is 15.9 Å². The molecule has 4 rings (SSSR count). The zero-order chi connectivity index (χ0) is 21.5. The Morgan fingerprint density at radius 3 is 2.33 bits per heavy atom. The van der Waals surface area contributed by atoms with E-state index in [1.807, 2.05) is 12.1 Å². The fraction of sp³-hybridized carbons (Fsp3) is 0.0476. The van der Waals surface area contributed by atoms with E-state index in [0.29, 0.717) is 34.1 Å². The molecule has 0 fully saturated rings. The van der Waals surface area contributed by atoms with Crippen molar-refractivity contribution >= 4 is 49.3 Å². The molecule has 0 spiro atoms. The van der Waals surface area contributed by atoms with Crippen molar-refractivity contribution in [1.82, 2.24) is 0 Å². The number of carbonyl (C=O) groups excluding carboxylic acids is 1. The first-order valence-electron chi connectivity index (χ1n) is 8.83. The first-order valence-corrected chi connectivity index (χ1v) is 11.2. The van der Waals surface area contributed by atoms with Crippen molar-refractivity contribution in [2.45, 2.75) is 11.8 Å². The summed E-state index contributed by atoms with van der Waals surface area (Å²) in [4.78, 5) is 12.9.